The van der Waals surface area contributed by atoms with Crippen molar-refractivity contribution in [1.82, 2.24) is 10.2 Å². The number of carbonyl (C=O) groups is 2. The van der Waals surface area contributed by atoms with Crippen molar-refractivity contribution in [1.29, 1.82) is 0 Å². The molecule has 1 fully saturated rings. The van der Waals surface area contributed by atoms with Crippen molar-refractivity contribution < 1.29 is 14.3 Å². The Kier molecular flexibility index (Phi) is 5.75. The van der Waals surface area contributed by atoms with Crippen LogP contribution in [-0.4, -0.2) is 35.1 Å². The predicted octanol–water partition coefficient (Wildman–Crippen LogP) is 3.92. The van der Waals surface area contributed by atoms with Crippen LogP contribution in [0.3, 0.4) is 0 Å². The lowest BCUT2D eigenvalue weighted by Crippen LogP contribution is -2.48. The van der Waals surface area contributed by atoms with Crippen molar-refractivity contribution in [3.05, 3.63) is 34.9 Å². The second-order valence-electron chi connectivity index (χ2n) is 7.12. The van der Waals surface area contributed by atoms with E-state index in [2.05, 4.69) is 5.32 Å². The maximum atomic E-state index is 12.6. The molecule has 1 unspecified atom stereocenters. The number of amides is 2. The highest BCUT2D eigenvalue weighted by atomic mass is 35.5. The van der Waals surface area contributed by atoms with Crippen LogP contribution in [0.2, 0.25) is 5.02 Å². The van der Waals surface area contributed by atoms with Crippen LogP contribution in [0.5, 0.6) is 0 Å². The smallest absolute Gasteiger partial charge is 0.410 e. The SMILES string of the molecule is CC(NC(=O)[C@@H]1CCCN1C(=O)OC(C)(C)C)c1cccc(Cl)c1. The monoisotopic (exact) mass is 352 g/mol. The Balaban J connectivity index is 2.01. The number of carbonyl (C=O) groups excluding carboxylic acids is 2. The van der Waals surface area contributed by atoms with E-state index < -0.39 is 17.7 Å². The first-order chi connectivity index (χ1) is 11.2. The van der Waals surface area contributed by atoms with Gasteiger partial charge in [0.2, 0.25) is 5.91 Å². The van der Waals surface area contributed by atoms with E-state index in [1.165, 1.54) is 4.90 Å². The summed E-state index contributed by atoms with van der Waals surface area (Å²) < 4.78 is 5.40. The van der Waals surface area contributed by atoms with Crippen molar-refractivity contribution in [2.75, 3.05) is 6.54 Å². The first-order valence-electron chi connectivity index (χ1n) is 8.23. The zero-order valence-electron chi connectivity index (χ0n) is 14.6. The molecule has 5 nitrogen and oxygen atoms in total. The predicted molar refractivity (Wildman–Crippen MR) is 94.0 cm³/mol. The summed E-state index contributed by atoms with van der Waals surface area (Å²) in [4.78, 5) is 26.4. The molecule has 1 saturated heterocycles. The van der Waals surface area contributed by atoms with Gasteiger partial charge in [0.1, 0.15) is 11.6 Å². The van der Waals surface area contributed by atoms with Gasteiger partial charge in [-0.1, -0.05) is 23.7 Å². The Bertz CT molecular complexity index is 613. The first-order valence-corrected chi connectivity index (χ1v) is 8.60. The van der Waals surface area contributed by atoms with Crippen molar-refractivity contribution in [2.45, 2.75) is 58.2 Å². The number of ether oxygens (including phenoxy) is 1. The van der Waals surface area contributed by atoms with Crippen LogP contribution in [0, 0.1) is 0 Å². The summed E-state index contributed by atoms with van der Waals surface area (Å²) in [7, 11) is 0. The van der Waals surface area contributed by atoms with E-state index in [1.54, 1.807) is 6.07 Å². The van der Waals surface area contributed by atoms with Crippen LogP contribution in [-0.2, 0) is 9.53 Å². The third-order valence-corrected chi connectivity index (χ3v) is 4.13. The molecule has 6 heteroatoms. The molecule has 0 aromatic heterocycles. The Morgan fingerprint density at radius 3 is 2.71 bits per heavy atom. The number of halogens is 1. The molecule has 0 spiro atoms. The number of likely N-dealkylation sites (tertiary alicyclic amines) is 1. The highest BCUT2D eigenvalue weighted by molar-refractivity contribution is 6.30. The molecular formula is C18H25ClN2O3. The maximum Gasteiger partial charge on any atom is 0.410 e. The molecule has 0 aliphatic carbocycles. The summed E-state index contributed by atoms with van der Waals surface area (Å²) in [5.74, 6) is -0.161. The normalized spacial score (nSPS) is 19.0. The highest BCUT2D eigenvalue weighted by Gasteiger charge is 2.36. The fraction of sp³-hybridized carbons (Fsp3) is 0.556. The first kappa shape index (κ1) is 18.6. The number of benzene rings is 1. The Labute approximate surface area is 148 Å². The van der Waals surface area contributed by atoms with Crippen LogP contribution < -0.4 is 5.32 Å². The second kappa shape index (κ2) is 7.43. The lowest BCUT2D eigenvalue weighted by atomic mass is 10.1. The summed E-state index contributed by atoms with van der Waals surface area (Å²) >= 11 is 6.00. The Morgan fingerprint density at radius 2 is 2.08 bits per heavy atom. The zero-order chi connectivity index (χ0) is 17.9. The second-order valence-corrected chi connectivity index (χ2v) is 7.55. The zero-order valence-corrected chi connectivity index (χ0v) is 15.4. The lowest BCUT2D eigenvalue weighted by molar-refractivity contribution is -0.126. The Hall–Kier alpha value is -1.75. The Morgan fingerprint density at radius 1 is 1.38 bits per heavy atom. The van der Waals surface area contributed by atoms with Gasteiger partial charge in [-0.3, -0.25) is 9.69 Å². The van der Waals surface area contributed by atoms with E-state index in [1.807, 2.05) is 45.9 Å². The average Bonchev–Trinajstić information content (AvgIpc) is 2.95. The minimum Gasteiger partial charge on any atom is -0.444 e. The minimum absolute atomic E-state index is 0.161. The van der Waals surface area contributed by atoms with Gasteiger partial charge in [0.25, 0.3) is 0 Å². The fourth-order valence-electron chi connectivity index (χ4n) is 2.75. The third-order valence-electron chi connectivity index (χ3n) is 3.89. The van der Waals surface area contributed by atoms with Crippen molar-refractivity contribution in [3.63, 3.8) is 0 Å². The van der Waals surface area contributed by atoms with Crippen LogP contribution in [0.1, 0.15) is 52.1 Å². The van der Waals surface area contributed by atoms with Gasteiger partial charge in [0.15, 0.2) is 0 Å². The van der Waals surface area contributed by atoms with E-state index in [0.29, 0.717) is 18.0 Å². The number of nitrogens with one attached hydrogen (secondary N) is 1. The van der Waals surface area contributed by atoms with E-state index in [4.69, 9.17) is 16.3 Å². The molecule has 2 amide bonds. The van der Waals surface area contributed by atoms with Gasteiger partial charge in [0, 0.05) is 11.6 Å². The third kappa shape index (κ3) is 4.87. The average molecular weight is 353 g/mol. The highest BCUT2D eigenvalue weighted by Crippen LogP contribution is 2.23. The molecule has 1 aliphatic rings. The van der Waals surface area contributed by atoms with E-state index in [0.717, 1.165) is 12.0 Å². The van der Waals surface area contributed by atoms with E-state index in [9.17, 15) is 9.59 Å². The van der Waals surface area contributed by atoms with Crippen molar-refractivity contribution in [2.24, 2.45) is 0 Å². The number of rotatable bonds is 3. The van der Waals surface area contributed by atoms with Gasteiger partial charge in [-0.2, -0.15) is 0 Å². The van der Waals surface area contributed by atoms with Gasteiger partial charge < -0.3 is 10.1 Å². The van der Waals surface area contributed by atoms with Crippen LogP contribution >= 0.6 is 11.6 Å². The molecule has 132 valence electrons. The number of nitrogens with zero attached hydrogens (tertiary/aromatic N) is 1. The summed E-state index contributed by atoms with van der Waals surface area (Å²) in [6.45, 7) is 7.89. The van der Waals surface area contributed by atoms with Crippen molar-refractivity contribution >= 4 is 23.6 Å². The molecule has 24 heavy (non-hydrogen) atoms. The summed E-state index contributed by atoms with van der Waals surface area (Å²) in [5, 5.41) is 3.60. The topological polar surface area (TPSA) is 58.6 Å². The van der Waals surface area contributed by atoms with Crippen molar-refractivity contribution in [3.8, 4) is 0 Å². The van der Waals surface area contributed by atoms with Gasteiger partial charge in [-0.15, -0.1) is 0 Å². The summed E-state index contributed by atoms with van der Waals surface area (Å²) in [5.41, 5.74) is 0.354. The van der Waals surface area contributed by atoms with Crippen LogP contribution in [0.15, 0.2) is 24.3 Å². The van der Waals surface area contributed by atoms with Gasteiger partial charge >= 0.3 is 6.09 Å². The fourth-order valence-corrected chi connectivity index (χ4v) is 2.95. The molecule has 1 aliphatic heterocycles. The lowest BCUT2D eigenvalue weighted by Gasteiger charge is -2.28. The molecular weight excluding hydrogens is 328 g/mol. The van der Waals surface area contributed by atoms with Crippen LogP contribution in [0.25, 0.3) is 0 Å². The minimum atomic E-state index is -0.575. The molecule has 2 atom stereocenters. The molecule has 1 N–H and O–H groups in total. The largest absolute Gasteiger partial charge is 0.444 e. The van der Waals surface area contributed by atoms with Crippen LogP contribution in [0.4, 0.5) is 4.79 Å². The van der Waals surface area contributed by atoms with E-state index >= 15 is 0 Å². The number of hydrogen-bond donors (Lipinski definition) is 1. The molecule has 2 rings (SSSR count). The van der Waals surface area contributed by atoms with E-state index in [-0.39, 0.29) is 11.9 Å². The molecule has 0 bridgehead atoms. The molecule has 0 radical (unpaired) electrons. The quantitative estimate of drug-likeness (QED) is 0.897. The molecule has 1 aromatic rings. The summed E-state index contributed by atoms with van der Waals surface area (Å²) in [6, 6.07) is 6.71. The summed E-state index contributed by atoms with van der Waals surface area (Å²) in [6.07, 6.45) is 1.01. The van der Waals surface area contributed by atoms with Gasteiger partial charge in [0.05, 0.1) is 6.04 Å². The molecule has 0 saturated carbocycles. The molecule has 1 aromatic carbocycles. The van der Waals surface area contributed by atoms with Gasteiger partial charge in [-0.05, 0) is 58.2 Å². The van der Waals surface area contributed by atoms with Gasteiger partial charge in [-0.25, -0.2) is 4.79 Å². The number of hydrogen-bond acceptors (Lipinski definition) is 3. The standard InChI is InChI=1S/C18H25ClN2O3/c1-12(13-7-5-8-14(19)11-13)20-16(22)15-9-6-10-21(15)17(23)24-18(2,3)4/h5,7-8,11-12,15H,6,9-10H2,1-4H3,(H,20,22)/t12?,15-/m0/s1. The maximum absolute atomic E-state index is 12.6. The molecule has 1 heterocycles.